The Labute approximate surface area is 112 Å². The zero-order valence-corrected chi connectivity index (χ0v) is 10.6. The van der Waals surface area contributed by atoms with Crippen LogP contribution in [-0.2, 0) is 6.54 Å². The van der Waals surface area contributed by atoms with Gasteiger partial charge in [0.25, 0.3) is 5.89 Å². The van der Waals surface area contributed by atoms with Gasteiger partial charge in [0.05, 0.1) is 6.54 Å². The van der Waals surface area contributed by atoms with E-state index in [0.717, 1.165) is 6.54 Å². The molecule has 0 spiro atoms. The molecular weight excluding hydrogens is 275 g/mol. The number of hydrogen-bond acceptors (Lipinski definition) is 5. The van der Waals surface area contributed by atoms with E-state index >= 15 is 0 Å². The van der Waals surface area contributed by atoms with E-state index in [1.807, 2.05) is 6.92 Å². The zero-order chi connectivity index (χ0) is 14.6. The van der Waals surface area contributed by atoms with Crippen LogP contribution in [-0.4, -0.2) is 23.0 Å². The Bertz CT molecular complexity index is 552. The van der Waals surface area contributed by atoms with E-state index in [0.29, 0.717) is 17.9 Å². The molecule has 1 N–H and O–H groups in total. The predicted octanol–water partition coefficient (Wildman–Crippen LogP) is 2.74. The highest BCUT2D eigenvalue weighted by Gasteiger charge is 2.31. The van der Waals surface area contributed by atoms with E-state index in [9.17, 15) is 13.2 Å². The van der Waals surface area contributed by atoms with Crippen molar-refractivity contribution >= 4 is 0 Å². The first-order chi connectivity index (χ1) is 9.48. The van der Waals surface area contributed by atoms with Crippen LogP contribution >= 0.6 is 0 Å². The molecule has 0 radical (unpaired) electrons. The van der Waals surface area contributed by atoms with Crippen molar-refractivity contribution in [2.24, 2.45) is 0 Å². The number of aromatic nitrogens is 2. The second-order valence-electron chi connectivity index (χ2n) is 3.87. The molecule has 0 aliphatic rings. The fourth-order valence-corrected chi connectivity index (χ4v) is 1.48. The van der Waals surface area contributed by atoms with Gasteiger partial charge in [0, 0.05) is 5.56 Å². The quantitative estimate of drug-likeness (QED) is 0.916. The van der Waals surface area contributed by atoms with Crippen molar-refractivity contribution in [1.82, 2.24) is 15.5 Å². The minimum Gasteiger partial charge on any atom is -0.406 e. The average Bonchev–Trinajstić information content (AvgIpc) is 2.84. The second-order valence-corrected chi connectivity index (χ2v) is 3.87. The first-order valence-corrected chi connectivity index (χ1v) is 5.87. The molecule has 0 aliphatic carbocycles. The van der Waals surface area contributed by atoms with E-state index in [1.165, 1.54) is 24.3 Å². The lowest BCUT2D eigenvalue weighted by Crippen LogP contribution is -2.16. The number of rotatable bonds is 5. The van der Waals surface area contributed by atoms with Crippen LogP contribution in [0.1, 0.15) is 12.7 Å². The van der Waals surface area contributed by atoms with Crippen molar-refractivity contribution < 1.29 is 22.4 Å². The second kappa shape index (κ2) is 5.91. The number of hydrogen-bond donors (Lipinski definition) is 1. The highest BCUT2D eigenvalue weighted by molar-refractivity contribution is 5.54. The third-order valence-electron chi connectivity index (χ3n) is 2.34. The summed E-state index contributed by atoms with van der Waals surface area (Å²) in [6.45, 7) is 3.18. The number of nitrogens with one attached hydrogen (secondary N) is 1. The molecule has 0 bridgehead atoms. The van der Waals surface area contributed by atoms with Crippen LogP contribution in [0, 0.1) is 0 Å². The number of benzene rings is 1. The van der Waals surface area contributed by atoms with Crippen molar-refractivity contribution in [3.05, 3.63) is 30.1 Å². The van der Waals surface area contributed by atoms with E-state index in [1.54, 1.807) is 0 Å². The van der Waals surface area contributed by atoms with E-state index in [2.05, 4.69) is 20.2 Å². The fourth-order valence-electron chi connectivity index (χ4n) is 1.48. The van der Waals surface area contributed by atoms with Crippen molar-refractivity contribution in [3.63, 3.8) is 0 Å². The Hall–Kier alpha value is -2.09. The molecule has 2 rings (SSSR count). The molecule has 0 saturated carbocycles. The third-order valence-corrected chi connectivity index (χ3v) is 2.34. The summed E-state index contributed by atoms with van der Waals surface area (Å²) in [6.07, 6.45) is -4.70. The van der Waals surface area contributed by atoms with E-state index in [-0.39, 0.29) is 11.6 Å². The topological polar surface area (TPSA) is 60.2 Å². The molecule has 8 heteroatoms. The molecule has 1 aromatic carbocycles. The zero-order valence-electron chi connectivity index (χ0n) is 10.6. The Morgan fingerprint density at radius 1 is 1.25 bits per heavy atom. The molecule has 0 unspecified atom stereocenters. The number of nitrogens with zero attached hydrogens (tertiary/aromatic N) is 2. The number of halogens is 3. The van der Waals surface area contributed by atoms with Gasteiger partial charge in [-0.2, -0.15) is 4.98 Å². The first kappa shape index (κ1) is 14.3. The lowest BCUT2D eigenvalue weighted by Gasteiger charge is -2.08. The molecule has 1 heterocycles. The molecule has 0 saturated heterocycles. The summed E-state index contributed by atoms with van der Waals surface area (Å²) in [6, 6.07) is 5.23. The van der Waals surface area contributed by atoms with Crippen molar-refractivity contribution in [2.45, 2.75) is 19.8 Å². The molecule has 5 nitrogen and oxygen atoms in total. The summed E-state index contributed by atoms with van der Waals surface area (Å²) < 4.78 is 44.8. The summed E-state index contributed by atoms with van der Waals surface area (Å²) in [5.74, 6) is 0.433. The standard InChI is InChI=1S/C12H12F3N3O2/c1-2-16-7-10-17-11(20-18-10)8-3-5-9(6-4-8)19-12(13,14)15/h3-6,16H,2,7H2,1H3. The Morgan fingerprint density at radius 3 is 2.55 bits per heavy atom. The maximum absolute atomic E-state index is 12.0. The van der Waals surface area contributed by atoms with Crippen LogP contribution in [0.15, 0.2) is 28.8 Å². The molecule has 0 aliphatic heterocycles. The maximum atomic E-state index is 12.0. The van der Waals surface area contributed by atoms with Gasteiger partial charge in [-0.15, -0.1) is 13.2 Å². The molecule has 0 amide bonds. The van der Waals surface area contributed by atoms with Gasteiger partial charge in [0.15, 0.2) is 5.82 Å². The molecule has 108 valence electrons. The van der Waals surface area contributed by atoms with Gasteiger partial charge in [0.1, 0.15) is 5.75 Å². The normalized spacial score (nSPS) is 11.6. The SMILES string of the molecule is CCNCc1noc(-c2ccc(OC(F)(F)F)cc2)n1. The van der Waals surface area contributed by atoms with Crippen LogP contribution in [0.4, 0.5) is 13.2 Å². The molecular formula is C12H12F3N3O2. The van der Waals surface area contributed by atoms with Crippen molar-refractivity contribution in [2.75, 3.05) is 6.54 Å². The fraction of sp³-hybridized carbons (Fsp3) is 0.333. The molecule has 20 heavy (non-hydrogen) atoms. The van der Waals surface area contributed by atoms with Gasteiger partial charge in [0.2, 0.25) is 0 Å². The largest absolute Gasteiger partial charge is 0.573 e. The highest BCUT2D eigenvalue weighted by Crippen LogP contribution is 2.25. The van der Waals surface area contributed by atoms with Crippen LogP contribution in [0.25, 0.3) is 11.5 Å². The third kappa shape index (κ3) is 3.95. The van der Waals surface area contributed by atoms with Gasteiger partial charge in [-0.1, -0.05) is 12.1 Å². The van der Waals surface area contributed by atoms with Gasteiger partial charge >= 0.3 is 6.36 Å². The lowest BCUT2D eigenvalue weighted by molar-refractivity contribution is -0.274. The maximum Gasteiger partial charge on any atom is 0.573 e. The predicted molar refractivity (Wildman–Crippen MR) is 63.8 cm³/mol. The summed E-state index contributed by atoms with van der Waals surface area (Å²) in [5.41, 5.74) is 0.523. The number of alkyl halides is 3. The molecule has 2 aromatic rings. The van der Waals surface area contributed by atoms with Gasteiger partial charge in [-0.25, -0.2) is 0 Å². The minimum absolute atomic E-state index is 0.247. The van der Waals surface area contributed by atoms with Crippen molar-refractivity contribution in [1.29, 1.82) is 0 Å². The first-order valence-electron chi connectivity index (χ1n) is 5.87. The van der Waals surface area contributed by atoms with E-state index in [4.69, 9.17) is 4.52 Å². The molecule has 0 atom stereocenters. The summed E-state index contributed by atoms with van der Waals surface area (Å²) in [4.78, 5) is 4.12. The lowest BCUT2D eigenvalue weighted by atomic mass is 10.2. The highest BCUT2D eigenvalue weighted by atomic mass is 19.4. The van der Waals surface area contributed by atoms with Crippen LogP contribution in [0.3, 0.4) is 0 Å². The van der Waals surface area contributed by atoms with Gasteiger partial charge < -0.3 is 14.6 Å². The smallest absolute Gasteiger partial charge is 0.406 e. The molecule has 0 fully saturated rings. The Morgan fingerprint density at radius 2 is 1.95 bits per heavy atom. The Kier molecular flexibility index (Phi) is 4.23. The van der Waals surface area contributed by atoms with Crippen LogP contribution < -0.4 is 10.1 Å². The van der Waals surface area contributed by atoms with Crippen LogP contribution in [0.2, 0.25) is 0 Å². The average molecular weight is 287 g/mol. The minimum atomic E-state index is -4.70. The summed E-state index contributed by atoms with van der Waals surface area (Å²) in [5, 5.41) is 6.79. The summed E-state index contributed by atoms with van der Waals surface area (Å²) in [7, 11) is 0. The van der Waals surface area contributed by atoms with Crippen molar-refractivity contribution in [3.8, 4) is 17.2 Å². The molecule has 1 aromatic heterocycles. The number of ether oxygens (including phenoxy) is 1. The van der Waals surface area contributed by atoms with Crippen LogP contribution in [0.5, 0.6) is 5.75 Å². The van der Waals surface area contributed by atoms with Gasteiger partial charge in [-0.3, -0.25) is 0 Å². The monoisotopic (exact) mass is 287 g/mol. The van der Waals surface area contributed by atoms with E-state index < -0.39 is 6.36 Å². The van der Waals surface area contributed by atoms with Gasteiger partial charge in [-0.05, 0) is 30.8 Å². The summed E-state index contributed by atoms with van der Waals surface area (Å²) >= 11 is 0. The Balaban J connectivity index is 2.07.